The number of rotatable bonds is 4. The summed E-state index contributed by atoms with van der Waals surface area (Å²) in [6.45, 7) is 0. The van der Waals surface area contributed by atoms with E-state index in [1.165, 1.54) is 24.4 Å². The fourth-order valence-corrected chi connectivity index (χ4v) is 1.78. The van der Waals surface area contributed by atoms with Crippen molar-refractivity contribution < 1.29 is 22.6 Å². The summed E-state index contributed by atoms with van der Waals surface area (Å²) in [4.78, 5) is 7.69. The molecule has 10 heteroatoms. The number of anilines is 1. The highest BCUT2D eigenvalue weighted by Crippen LogP contribution is 2.34. The van der Waals surface area contributed by atoms with Crippen LogP contribution < -0.4 is 20.7 Å². The van der Waals surface area contributed by atoms with E-state index in [4.69, 9.17) is 10.6 Å². The Kier molecular flexibility index (Phi) is 4.48. The fraction of sp³-hybridized carbons (Fsp3) is 0.0909. The largest absolute Gasteiger partial charge is 0.573 e. The fourth-order valence-electron chi connectivity index (χ4n) is 1.34. The maximum atomic E-state index is 12.1. The first-order valence-electron chi connectivity index (χ1n) is 5.40. The molecule has 6 nitrogen and oxygen atoms in total. The minimum Gasteiger partial charge on any atom is -0.439 e. The van der Waals surface area contributed by atoms with E-state index in [9.17, 15) is 13.2 Å². The van der Waals surface area contributed by atoms with Gasteiger partial charge in [-0.05, 0) is 34.1 Å². The monoisotopic (exact) mass is 364 g/mol. The Morgan fingerprint density at radius 2 is 2.00 bits per heavy atom. The van der Waals surface area contributed by atoms with E-state index in [-0.39, 0.29) is 27.8 Å². The minimum absolute atomic E-state index is 0.0866. The molecular weight excluding hydrogens is 357 g/mol. The normalized spacial score (nSPS) is 11.1. The molecular formula is C11H8BrF3N4O2. The molecule has 0 fully saturated rings. The van der Waals surface area contributed by atoms with Crippen molar-refractivity contribution in [2.75, 3.05) is 5.43 Å². The smallest absolute Gasteiger partial charge is 0.439 e. The average molecular weight is 365 g/mol. The van der Waals surface area contributed by atoms with Crippen molar-refractivity contribution in [1.82, 2.24) is 9.97 Å². The molecule has 21 heavy (non-hydrogen) atoms. The van der Waals surface area contributed by atoms with Crippen molar-refractivity contribution in [2.24, 2.45) is 5.84 Å². The van der Waals surface area contributed by atoms with Crippen LogP contribution in [0, 0.1) is 0 Å². The van der Waals surface area contributed by atoms with Gasteiger partial charge in [-0.3, -0.25) is 5.43 Å². The summed E-state index contributed by atoms with van der Waals surface area (Å²) in [6.07, 6.45) is -3.35. The second-order valence-corrected chi connectivity index (χ2v) is 4.46. The maximum absolute atomic E-state index is 12.1. The summed E-state index contributed by atoms with van der Waals surface area (Å²) in [6, 6.07) is 5.22. The quantitative estimate of drug-likeness (QED) is 0.640. The van der Waals surface area contributed by atoms with Crippen LogP contribution in [0.2, 0.25) is 0 Å². The highest BCUT2D eigenvalue weighted by atomic mass is 79.9. The molecule has 3 N–H and O–H groups in total. The molecule has 0 bridgehead atoms. The number of nitrogen functional groups attached to an aromatic ring is 1. The molecule has 0 saturated carbocycles. The number of nitrogens with two attached hydrogens (primary N) is 1. The predicted molar refractivity (Wildman–Crippen MR) is 70.7 cm³/mol. The second kappa shape index (κ2) is 6.14. The molecule has 0 unspecified atom stereocenters. The summed E-state index contributed by atoms with van der Waals surface area (Å²) in [7, 11) is 0. The lowest BCUT2D eigenvalue weighted by molar-refractivity contribution is -0.274. The number of benzene rings is 1. The standard InChI is InChI=1S/C11H8BrF3N4O2/c12-7-5-6(1-2-8(7)21-11(13,14)15)20-9-3-4-17-10(18-9)19-16/h1-5H,16H2,(H,17,18,19). The Labute approximate surface area is 125 Å². The molecule has 112 valence electrons. The van der Waals surface area contributed by atoms with Crippen molar-refractivity contribution >= 4 is 21.9 Å². The lowest BCUT2D eigenvalue weighted by atomic mass is 10.3. The Balaban J connectivity index is 2.16. The van der Waals surface area contributed by atoms with Crippen LogP contribution in [-0.2, 0) is 0 Å². The molecule has 1 aromatic carbocycles. The van der Waals surface area contributed by atoms with Crippen LogP contribution in [0.3, 0.4) is 0 Å². The number of ether oxygens (including phenoxy) is 2. The zero-order valence-electron chi connectivity index (χ0n) is 10.2. The number of alkyl halides is 3. The highest BCUT2D eigenvalue weighted by Gasteiger charge is 2.32. The van der Waals surface area contributed by atoms with Crippen molar-refractivity contribution in [2.45, 2.75) is 6.36 Å². The van der Waals surface area contributed by atoms with Gasteiger partial charge in [-0.15, -0.1) is 13.2 Å². The molecule has 0 aliphatic rings. The first-order chi connectivity index (χ1) is 9.87. The van der Waals surface area contributed by atoms with Crippen LogP contribution in [0.4, 0.5) is 19.1 Å². The van der Waals surface area contributed by atoms with Gasteiger partial charge in [0, 0.05) is 12.3 Å². The first-order valence-corrected chi connectivity index (χ1v) is 6.19. The summed E-state index contributed by atoms with van der Waals surface area (Å²) < 4.78 is 45.7. The van der Waals surface area contributed by atoms with E-state index >= 15 is 0 Å². The zero-order valence-corrected chi connectivity index (χ0v) is 11.8. The maximum Gasteiger partial charge on any atom is 0.573 e. The SMILES string of the molecule is NNc1nccc(Oc2ccc(OC(F)(F)F)c(Br)c2)n1. The van der Waals surface area contributed by atoms with Gasteiger partial charge in [0.05, 0.1) is 4.47 Å². The Bertz CT molecular complexity index is 639. The van der Waals surface area contributed by atoms with Crippen LogP contribution in [0.15, 0.2) is 34.9 Å². The lowest BCUT2D eigenvalue weighted by Crippen LogP contribution is -2.17. The summed E-state index contributed by atoms with van der Waals surface area (Å²) in [5.41, 5.74) is 2.24. The van der Waals surface area contributed by atoms with Gasteiger partial charge in [-0.1, -0.05) is 0 Å². The third kappa shape index (κ3) is 4.46. The number of halogens is 4. The van der Waals surface area contributed by atoms with E-state index in [1.54, 1.807) is 0 Å². The summed E-state index contributed by atoms with van der Waals surface area (Å²) in [5.74, 6) is 5.36. The third-order valence-electron chi connectivity index (χ3n) is 2.11. The van der Waals surface area contributed by atoms with Gasteiger partial charge in [0.15, 0.2) is 0 Å². The molecule has 2 rings (SSSR count). The first kappa shape index (κ1) is 15.3. The number of nitrogens with one attached hydrogen (secondary N) is 1. The van der Waals surface area contributed by atoms with Crippen LogP contribution >= 0.6 is 15.9 Å². The number of hydrogen-bond acceptors (Lipinski definition) is 6. The molecule has 0 aliphatic heterocycles. The van der Waals surface area contributed by atoms with E-state index in [1.807, 2.05) is 0 Å². The molecule has 1 heterocycles. The number of nitrogens with zero attached hydrogens (tertiary/aromatic N) is 2. The van der Waals surface area contributed by atoms with E-state index in [2.05, 4.69) is 36.1 Å². The zero-order chi connectivity index (χ0) is 15.5. The Morgan fingerprint density at radius 3 is 2.62 bits per heavy atom. The highest BCUT2D eigenvalue weighted by molar-refractivity contribution is 9.10. The molecule has 0 amide bonds. The van der Waals surface area contributed by atoms with Gasteiger partial charge in [-0.25, -0.2) is 10.8 Å². The Hall–Kier alpha value is -2.07. The van der Waals surface area contributed by atoms with E-state index in [0.29, 0.717) is 0 Å². The van der Waals surface area contributed by atoms with Crippen LogP contribution in [0.1, 0.15) is 0 Å². The van der Waals surface area contributed by atoms with Crippen LogP contribution in [-0.4, -0.2) is 16.3 Å². The van der Waals surface area contributed by atoms with Crippen molar-refractivity contribution in [3.63, 3.8) is 0 Å². The molecule has 0 radical (unpaired) electrons. The van der Waals surface area contributed by atoms with Crippen molar-refractivity contribution in [1.29, 1.82) is 0 Å². The lowest BCUT2D eigenvalue weighted by Gasteiger charge is -2.12. The number of hydrazine groups is 1. The van der Waals surface area contributed by atoms with Gasteiger partial charge >= 0.3 is 6.36 Å². The van der Waals surface area contributed by atoms with Gasteiger partial charge in [0.2, 0.25) is 11.8 Å². The van der Waals surface area contributed by atoms with Gasteiger partial charge in [-0.2, -0.15) is 4.98 Å². The molecule has 0 spiro atoms. The number of aromatic nitrogens is 2. The molecule has 2 aromatic rings. The van der Waals surface area contributed by atoms with Gasteiger partial charge < -0.3 is 9.47 Å². The molecule has 0 saturated heterocycles. The molecule has 0 atom stereocenters. The van der Waals surface area contributed by atoms with E-state index in [0.717, 1.165) is 6.07 Å². The van der Waals surface area contributed by atoms with Crippen LogP contribution in [0.5, 0.6) is 17.4 Å². The molecule has 0 aliphatic carbocycles. The van der Waals surface area contributed by atoms with Crippen molar-refractivity contribution in [3.8, 4) is 17.4 Å². The predicted octanol–water partition coefficient (Wildman–Crippen LogP) is 3.22. The topological polar surface area (TPSA) is 82.3 Å². The number of hydrogen-bond donors (Lipinski definition) is 2. The molecule has 1 aromatic heterocycles. The van der Waals surface area contributed by atoms with Gasteiger partial charge in [0.1, 0.15) is 11.5 Å². The van der Waals surface area contributed by atoms with Crippen LogP contribution in [0.25, 0.3) is 0 Å². The average Bonchev–Trinajstić information content (AvgIpc) is 2.41. The summed E-state index contributed by atoms with van der Waals surface area (Å²) in [5, 5.41) is 0. The summed E-state index contributed by atoms with van der Waals surface area (Å²) >= 11 is 2.97. The Morgan fingerprint density at radius 1 is 1.24 bits per heavy atom. The minimum atomic E-state index is -4.76. The van der Waals surface area contributed by atoms with Gasteiger partial charge in [0.25, 0.3) is 0 Å². The second-order valence-electron chi connectivity index (χ2n) is 3.60. The van der Waals surface area contributed by atoms with Crippen molar-refractivity contribution in [3.05, 3.63) is 34.9 Å². The van der Waals surface area contributed by atoms with E-state index < -0.39 is 6.36 Å². The third-order valence-corrected chi connectivity index (χ3v) is 2.73.